The van der Waals surface area contributed by atoms with E-state index in [-0.39, 0.29) is 5.91 Å². The summed E-state index contributed by atoms with van der Waals surface area (Å²) < 4.78 is 3.16. The van der Waals surface area contributed by atoms with Gasteiger partial charge in [0.15, 0.2) is 5.16 Å². The standard InChI is InChI=1S/C19H22BrN3OS/c1-2-10-23-17(15-6-8-16(20)9-7-15)13-21-19(23)25-14-18(24)22-11-4-3-5-12-22/h2,6-9,13H,1,3-5,10-12,14H2. The summed E-state index contributed by atoms with van der Waals surface area (Å²) in [5.41, 5.74) is 2.15. The number of piperidine rings is 1. The zero-order valence-corrected chi connectivity index (χ0v) is 16.6. The van der Waals surface area contributed by atoms with Crippen LogP contribution < -0.4 is 0 Å². The smallest absolute Gasteiger partial charge is 0.233 e. The Balaban J connectivity index is 1.73. The first-order valence-electron chi connectivity index (χ1n) is 8.52. The van der Waals surface area contributed by atoms with Crippen molar-refractivity contribution in [3.05, 3.63) is 47.6 Å². The van der Waals surface area contributed by atoms with E-state index >= 15 is 0 Å². The molecule has 1 aromatic carbocycles. The Hall–Kier alpha value is -1.53. The van der Waals surface area contributed by atoms with Gasteiger partial charge >= 0.3 is 0 Å². The average Bonchev–Trinajstić information content (AvgIpc) is 3.04. The monoisotopic (exact) mass is 419 g/mol. The fourth-order valence-corrected chi connectivity index (χ4v) is 4.15. The van der Waals surface area contributed by atoms with E-state index in [0.29, 0.717) is 12.3 Å². The average molecular weight is 420 g/mol. The first-order valence-corrected chi connectivity index (χ1v) is 10.3. The molecule has 1 aliphatic heterocycles. The van der Waals surface area contributed by atoms with Crippen LogP contribution in [0.2, 0.25) is 0 Å². The Bertz CT molecular complexity index is 736. The highest BCUT2D eigenvalue weighted by Crippen LogP contribution is 2.27. The lowest BCUT2D eigenvalue weighted by Gasteiger charge is -2.26. The second-order valence-corrected chi connectivity index (χ2v) is 7.92. The molecule has 132 valence electrons. The number of carbonyl (C=O) groups excluding carboxylic acids is 1. The van der Waals surface area contributed by atoms with Crippen molar-refractivity contribution in [1.82, 2.24) is 14.5 Å². The second-order valence-electron chi connectivity index (χ2n) is 6.06. The summed E-state index contributed by atoms with van der Waals surface area (Å²) >= 11 is 4.98. The van der Waals surface area contributed by atoms with E-state index in [4.69, 9.17) is 0 Å². The largest absolute Gasteiger partial charge is 0.342 e. The van der Waals surface area contributed by atoms with E-state index in [1.165, 1.54) is 18.2 Å². The molecule has 6 heteroatoms. The fourth-order valence-electron chi connectivity index (χ4n) is 2.99. The number of halogens is 1. The minimum absolute atomic E-state index is 0.211. The third kappa shape index (κ3) is 4.55. The van der Waals surface area contributed by atoms with Gasteiger partial charge in [0.05, 0.1) is 17.6 Å². The number of hydrogen-bond acceptors (Lipinski definition) is 3. The summed E-state index contributed by atoms with van der Waals surface area (Å²) in [6, 6.07) is 8.17. The summed E-state index contributed by atoms with van der Waals surface area (Å²) in [6.07, 6.45) is 7.21. The molecule has 0 N–H and O–H groups in total. The van der Waals surface area contributed by atoms with E-state index in [1.807, 2.05) is 29.3 Å². The minimum Gasteiger partial charge on any atom is -0.342 e. The number of aromatic nitrogens is 2. The lowest BCUT2D eigenvalue weighted by Crippen LogP contribution is -2.36. The highest BCUT2D eigenvalue weighted by molar-refractivity contribution is 9.10. The molecular weight excluding hydrogens is 398 g/mol. The SMILES string of the molecule is C=CCn1c(-c2ccc(Br)cc2)cnc1SCC(=O)N1CCCCC1. The Labute approximate surface area is 161 Å². The van der Waals surface area contributed by atoms with Crippen molar-refractivity contribution in [1.29, 1.82) is 0 Å². The van der Waals surface area contributed by atoms with Crippen molar-refractivity contribution in [2.24, 2.45) is 0 Å². The molecule has 1 amide bonds. The zero-order valence-electron chi connectivity index (χ0n) is 14.2. The second kappa shape index (κ2) is 8.72. The molecule has 0 bridgehead atoms. The first-order chi connectivity index (χ1) is 12.2. The van der Waals surface area contributed by atoms with Crippen molar-refractivity contribution >= 4 is 33.6 Å². The van der Waals surface area contributed by atoms with Crippen molar-refractivity contribution in [2.75, 3.05) is 18.8 Å². The lowest BCUT2D eigenvalue weighted by atomic mass is 10.1. The fraction of sp³-hybridized carbons (Fsp3) is 0.368. The first kappa shape index (κ1) is 18.3. The predicted molar refractivity (Wildman–Crippen MR) is 107 cm³/mol. The van der Waals surface area contributed by atoms with Crippen LogP contribution in [-0.4, -0.2) is 39.2 Å². The summed E-state index contributed by atoms with van der Waals surface area (Å²) in [6.45, 7) is 6.31. The number of benzene rings is 1. The summed E-state index contributed by atoms with van der Waals surface area (Å²) in [5, 5.41) is 0.864. The number of rotatable bonds is 6. The number of hydrogen-bond donors (Lipinski definition) is 0. The van der Waals surface area contributed by atoms with Crippen LogP contribution >= 0.6 is 27.7 Å². The minimum atomic E-state index is 0.211. The molecule has 1 saturated heterocycles. The number of likely N-dealkylation sites (tertiary alicyclic amines) is 1. The van der Waals surface area contributed by atoms with Crippen LogP contribution in [0.15, 0.2) is 52.7 Å². The van der Waals surface area contributed by atoms with Crippen molar-refractivity contribution in [2.45, 2.75) is 31.0 Å². The third-order valence-corrected chi connectivity index (χ3v) is 5.81. The maximum Gasteiger partial charge on any atom is 0.233 e. The summed E-state index contributed by atoms with van der Waals surface area (Å²) in [4.78, 5) is 18.9. The molecule has 0 atom stereocenters. The molecule has 1 fully saturated rings. The number of imidazole rings is 1. The summed E-state index contributed by atoms with van der Waals surface area (Å²) in [5.74, 6) is 0.650. The zero-order chi connectivity index (χ0) is 17.6. The Kier molecular flexibility index (Phi) is 6.37. The van der Waals surface area contributed by atoms with Gasteiger partial charge in [-0.25, -0.2) is 4.98 Å². The van der Waals surface area contributed by atoms with Gasteiger partial charge in [0, 0.05) is 24.1 Å². The third-order valence-electron chi connectivity index (χ3n) is 4.30. The van der Waals surface area contributed by atoms with E-state index in [1.54, 1.807) is 0 Å². The molecule has 25 heavy (non-hydrogen) atoms. The van der Waals surface area contributed by atoms with Crippen LogP contribution in [0.25, 0.3) is 11.3 Å². The van der Waals surface area contributed by atoms with Crippen LogP contribution in [0, 0.1) is 0 Å². The van der Waals surface area contributed by atoms with Crippen molar-refractivity contribution in [3.63, 3.8) is 0 Å². The van der Waals surface area contributed by atoms with Crippen molar-refractivity contribution in [3.8, 4) is 11.3 Å². The van der Waals surface area contributed by atoms with Crippen molar-refractivity contribution < 1.29 is 4.79 Å². The maximum absolute atomic E-state index is 12.4. The van der Waals surface area contributed by atoms with Crippen LogP contribution in [0.4, 0.5) is 0 Å². The van der Waals surface area contributed by atoms with E-state index in [2.05, 4.69) is 44.2 Å². The van der Waals surface area contributed by atoms with Crippen LogP contribution in [0.3, 0.4) is 0 Å². The van der Waals surface area contributed by atoms with Gasteiger partial charge in [0.1, 0.15) is 0 Å². The lowest BCUT2D eigenvalue weighted by molar-refractivity contribution is -0.129. The molecule has 0 spiro atoms. The topological polar surface area (TPSA) is 38.1 Å². The summed E-state index contributed by atoms with van der Waals surface area (Å²) in [7, 11) is 0. The van der Waals surface area contributed by atoms with Gasteiger partial charge < -0.3 is 9.47 Å². The molecule has 0 unspecified atom stereocenters. The predicted octanol–water partition coefficient (Wildman–Crippen LogP) is 4.60. The Morgan fingerprint density at radius 2 is 1.96 bits per heavy atom. The number of thioether (sulfide) groups is 1. The van der Waals surface area contributed by atoms with Gasteiger partial charge in [-0.1, -0.05) is 45.9 Å². The van der Waals surface area contributed by atoms with E-state index < -0.39 is 0 Å². The Morgan fingerprint density at radius 3 is 2.64 bits per heavy atom. The van der Waals surface area contributed by atoms with Crippen LogP contribution in [-0.2, 0) is 11.3 Å². The Morgan fingerprint density at radius 1 is 1.24 bits per heavy atom. The normalized spacial score (nSPS) is 14.5. The van der Waals surface area contributed by atoms with Gasteiger partial charge in [-0.05, 0) is 37.0 Å². The molecular formula is C19H22BrN3OS. The molecule has 0 aliphatic carbocycles. The number of allylic oxidation sites excluding steroid dienone is 1. The molecule has 4 nitrogen and oxygen atoms in total. The van der Waals surface area contributed by atoms with Crippen LogP contribution in [0.5, 0.6) is 0 Å². The number of carbonyl (C=O) groups is 1. The van der Waals surface area contributed by atoms with Gasteiger partial charge in [-0.15, -0.1) is 6.58 Å². The molecule has 2 aromatic rings. The molecule has 1 aliphatic rings. The number of amides is 1. The highest BCUT2D eigenvalue weighted by Gasteiger charge is 2.18. The van der Waals surface area contributed by atoms with E-state index in [0.717, 1.165) is 46.8 Å². The molecule has 0 radical (unpaired) electrons. The van der Waals surface area contributed by atoms with Gasteiger partial charge in [-0.3, -0.25) is 4.79 Å². The molecule has 3 rings (SSSR count). The van der Waals surface area contributed by atoms with Gasteiger partial charge in [0.2, 0.25) is 5.91 Å². The number of nitrogens with zero attached hydrogens (tertiary/aromatic N) is 3. The van der Waals surface area contributed by atoms with Crippen LogP contribution in [0.1, 0.15) is 19.3 Å². The quantitative estimate of drug-likeness (QED) is 0.506. The highest BCUT2D eigenvalue weighted by atomic mass is 79.9. The molecule has 1 aromatic heterocycles. The molecule has 0 saturated carbocycles. The van der Waals surface area contributed by atoms with E-state index in [9.17, 15) is 4.79 Å². The molecule has 2 heterocycles. The van der Waals surface area contributed by atoms with Gasteiger partial charge in [0.25, 0.3) is 0 Å². The maximum atomic E-state index is 12.4. The van der Waals surface area contributed by atoms with Gasteiger partial charge in [-0.2, -0.15) is 0 Å².